The van der Waals surface area contributed by atoms with Crippen LogP contribution in [0.3, 0.4) is 0 Å². The molecule has 0 saturated carbocycles. The van der Waals surface area contributed by atoms with Gasteiger partial charge in [-0.05, 0) is 26.2 Å². The van der Waals surface area contributed by atoms with E-state index < -0.39 is 0 Å². The van der Waals surface area contributed by atoms with E-state index in [-0.39, 0.29) is 17.9 Å². The molecule has 0 radical (unpaired) electrons. The van der Waals surface area contributed by atoms with Gasteiger partial charge in [-0.25, -0.2) is 0 Å². The van der Waals surface area contributed by atoms with E-state index in [9.17, 15) is 9.59 Å². The monoisotopic (exact) mass is 215 g/mol. The largest absolute Gasteiger partial charge is 0.370 e. The van der Waals surface area contributed by atoms with Crippen LogP contribution in [-0.4, -0.2) is 24.4 Å². The van der Waals surface area contributed by atoms with Crippen LogP contribution in [0.15, 0.2) is 0 Å². The predicted molar refractivity (Wildman–Crippen MR) is 58.9 cm³/mol. The number of carbonyl (C=O) groups excluding carboxylic acids is 2. The molecule has 0 aliphatic carbocycles. The summed E-state index contributed by atoms with van der Waals surface area (Å²) >= 11 is 0. The molecule has 88 valence electrons. The van der Waals surface area contributed by atoms with Gasteiger partial charge in [-0.1, -0.05) is 0 Å². The first-order valence-electron chi connectivity index (χ1n) is 5.33. The zero-order valence-corrected chi connectivity index (χ0v) is 9.29. The van der Waals surface area contributed by atoms with Crippen LogP contribution in [0, 0.1) is 0 Å². The lowest BCUT2D eigenvalue weighted by atomic mass is 10.1. The van der Waals surface area contributed by atoms with Crippen molar-refractivity contribution in [2.24, 2.45) is 11.5 Å². The molecule has 0 aromatic carbocycles. The zero-order chi connectivity index (χ0) is 11.7. The van der Waals surface area contributed by atoms with Crippen LogP contribution in [0.5, 0.6) is 0 Å². The molecule has 0 spiro atoms. The van der Waals surface area contributed by atoms with Gasteiger partial charge in [-0.3, -0.25) is 9.59 Å². The molecular formula is C10H21N3O2. The van der Waals surface area contributed by atoms with Gasteiger partial charge < -0.3 is 16.8 Å². The summed E-state index contributed by atoms with van der Waals surface area (Å²) in [7, 11) is 0. The highest BCUT2D eigenvalue weighted by Gasteiger charge is 2.02. The Labute approximate surface area is 90.6 Å². The quantitative estimate of drug-likeness (QED) is 0.492. The molecule has 2 amide bonds. The standard InChI is InChI=1S/C10H21N3O2/c1-8(11)4-2-6-10(15)13-7-3-5-9(12)14/h8H,2-7,11H2,1H3,(H2,12,14)(H,13,15). The molecule has 0 saturated heterocycles. The number of primary amides is 1. The third-order valence-corrected chi connectivity index (χ3v) is 1.99. The van der Waals surface area contributed by atoms with Gasteiger partial charge in [0.05, 0.1) is 0 Å². The maximum absolute atomic E-state index is 11.2. The van der Waals surface area contributed by atoms with Gasteiger partial charge in [0.15, 0.2) is 0 Å². The molecular weight excluding hydrogens is 194 g/mol. The normalized spacial score (nSPS) is 12.1. The highest BCUT2D eigenvalue weighted by atomic mass is 16.2. The van der Waals surface area contributed by atoms with Gasteiger partial charge in [0.2, 0.25) is 11.8 Å². The number of carbonyl (C=O) groups is 2. The number of hydrogen-bond donors (Lipinski definition) is 3. The van der Waals surface area contributed by atoms with Crippen molar-refractivity contribution in [2.75, 3.05) is 6.54 Å². The molecule has 5 nitrogen and oxygen atoms in total. The molecule has 1 unspecified atom stereocenters. The van der Waals surface area contributed by atoms with Crippen LogP contribution in [0.25, 0.3) is 0 Å². The van der Waals surface area contributed by atoms with Crippen molar-refractivity contribution < 1.29 is 9.59 Å². The summed E-state index contributed by atoms with van der Waals surface area (Å²) < 4.78 is 0. The van der Waals surface area contributed by atoms with Gasteiger partial charge in [-0.2, -0.15) is 0 Å². The van der Waals surface area contributed by atoms with E-state index in [0.29, 0.717) is 25.8 Å². The molecule has 5 heteroatoms. The SMILES string of the molecule is CC(N)CCCC(=O)NCCCC(N)=O. The van der Waals surface area contributed by atoms with E-state index in [0.717, 1.165) is 12.8 Å². The topological polar surface area (TPSA) is 98.2 Å². The fraction of sp³-hybridized carbons (Fsp3) is 0.800. The third kappa shape index (κ3) is 10.8. The second kappa shape index (κ2) is 8.23. The first-order chi connectivity index (χ1) is 7.02. The van der Waals surface area contributed by atoms with Gasteiger partial charge in [0, 0.05) is 25.4 Å². The number of nitrogens with one attached hydrogen (secondary N) is 1. The van der Waals surface area contributed by atoms with E-state index in [1.165, 1.54) is 0 Å². The van der Waals surface area contributed by atoms with Crippen LogP contribution in [0.4, 0.5) is 0 Å². The van der Waals surface area contributed by atoms with Gasteiger partial charge in [-0.15, -0.1) is 0 Å². The van der Waals surface area contributed by atoms with Crippen molar-refractivity contribution >= 4 is 11.8 Å². The van der Waals surface area contributed by atoms with E-state index >= 15 is 0 Å². The van der Waals surface area contributed by atoms with Crippen LogP contribution in [0.2, 0.25) is 0 Å². The van der Waals surface area contributed by atoms with E-state index in [1.807, 2.05) is 6.92 Å². The Balaban J connectivity index is 3.30. The van der Waals surface area contributed by atoms with Gasteiger partial charge in [0.1, 0.15) is 0 Å². The van der Waals surface area contributed by atoms with Crippen LogP contribution in [-0.2, 0) is 9.59 Å². The molecule has 0 fully saturated rings. The first-order valence-corrected chi connectivity index (χ1v) is 5.33. The van der Waals surface area contributed by atoms with Crippen molar-refractivity contribution in [1.29, 1.82) is 0 Å². The predicted octanol–water partition coefficient (Wildman–Crippen LogP) is -0.114. The fourth-order valence-electron chi connectivity index (χ4n) is 1.16. The zero-order valence-electron chi connectivity index (χ0n) is 9.29. The maximum atomic E-state index is 11.2. The highest BCUT2D eigenvalue weighted by Crippen LogP contribution is 1.98. The van der Waals surface area contributed by atoms with Crippen molar-refractivity contribution in [1.82, 2.24) is 5.32 Å². The van der Waals surface area contributed by atoms with E-state index in [1.54, 1.807) is 0 Å². The van der Waals surface area contributed by atoms with Crippen LogP contribution >= 0.6 is 0 Å². The van der Waals surface area contributed by atoms with E-state index in [4.69, 9.17) is 11.5 Å². The molecule has 0 rings (SSSR count). The summed E-state index contributed by atoms with van der Waals surface area (Å²) in [5, 5.41) is 2.72. The Morgan fingerprint density at radius 1 is 1.27 bits per heavy atom. The third-order valence-electron chi connectivity index (χ3n) is 1.99. The average molecular weight is 215 g/mol. The molecule has 0 bridgehead atoms. The lowest BCUT2D eigenvalue weighted by Crippen LogP contribution is -2.25. The number of rotatable bonds is 8. The summed E-state index contributed by atoms with van der Waals surface area (Å²) in [6, 6.07) is 0.146. The smallest absolute Gasteiger partial charge is 0.219 e. The minimum absolute atomic E-state index is 0.0140. The lowest BCUT2D eigenvalue weighted by molar-refractivity contribution is -0.122. The van der Waals surface area contributed by atoms with E-state index in [2.05, 4.69) is 5.32 Å². The Kier molecular flexibility index (Phi) is 7.62. The van der Waals surface area contributed by atoms with Crippen molar-refractivity contribution in [3.63, 3.8) is 0 Å². The molecule has 15 heavy (non-hydrogen) atoms. The van der Waals surface area contributed by atoms with Crippen molar-refractivity contribution in [3.05, 3.63) is 0 Å². The minimum atomic E-state index is -0.332. The van der Waals surface area contributed by atoms with Crippen molar-refractivity contribution in [3.8, 4) is 0 Å². The fourth-order valence-corrected chi connectivity index (χ4v) is 1.16. The molecule has 0 heterocycles. The Morgan fingerprint density at radius 2 is 1.93 bits per heavy atom. The second-order valence-electron chi connectivity index (χ2n) is 3.79. The molecule has 0 aliphatic rings. The van der Waals surface area contributed by atoms with Crippen LogP contribution < -0.4 is 16.8 Å². The Morgan fingerprint density at radius 3 is 2.47 bits per heavy atom. The first kappa shape index (κ1) is 13.9. The molecule has 5 N–H and O–H groups in total. The number of nitrogens with two attached hydrogens (primary N) is 2. The number of amides is 2. The number of hydrogen-bond acceptors (Lipinski definition) is 3. The highest BCUT2D eigenvalue weighted by molar-refractivity contribution is 5.76. The summed E-state index contributed by atoms with van der Waals surface area (Å²) in [5.41, 5.74) is 10.5. The Bertz CT molecular complexity index is 205. The van der Waals surface area contributed by atoms with Crippen molar-refractivity contribution in [2.45, 2.75) is 45.1 Å². The minimum Gasteiger partial charge on any atom is -0.370 e. The average Bonchev–Trinajstić information content (AvgIpc) is 2.11. The lowest BCUT2D eigenvalue weighted by Gasteiger charge is -2.05. The molecule has 0 aromatic rings. The van der Waals surface area contributed by atoms with Crippen LogP contribution in [0.1, 0.15) is 39.0 Å². The molecule has 0 aliphatic heterocycles. The molecule has 0 aromatic heterocycles. The second-order valence-corrected chi connectivity index (χ2v) is 3.79. The summed E-state index contributed by atoms with van der Waals surface area (Å²) in [6.45, 7) is 2.44. The molecule has 1 atom stereocenters. The maximum Gasteiger partial charge on any atom is 0.219 e. The van der Waals surface area contributed by atoms with Gasteiger partial charge in [0.25, 0.3) is 0 Å². The Hall–Kier alpha value is -1.10. The summed E-state index contributed by atoms with van der Waals surface area (Å²) in [4.78, 5) is 21.6. The van der Waals surface area contributed by atoms with Gasteiger partial charge >= 0.3 is 0 Å². The summed E-state index contributed by atoms with van der Waals surface area (Å²) in [5.74, 6) is -0.318. The summed E-state index contributed by atoms with van der Waals surface area (Å²) in [6.07, 6.45) is 3.08.